The quantitative estimate of drug-likeness (QED) is 0.433. The maximum absolute atomic E-state index is 2.41. The molecular weight excluding hydrogens is 108 g/mol. The van der Waals surface area contributed by atoms with E-state index in [4.69, 9.17) is 0 Å². The molecule has 50 valence electrons. The second kappa shape index (κ2) is 1.42. The Labute approximate surface area is 57.0 Å². The van der Waals surface area contributed by atoms with Crippen LogP contribution in [0.15, 0.2) is 12.2 Å². The van der Waals surface area contributed by atoms with E-state index in [2.05, 4.69) is 26.0 Å². The van der Waals surface area contributed by atoms with Crippen LogP contribution in [0, 0.1) is 17.3 Å². The highest BCUT2D eigenvalue weighted by atomic mass is 14.5. The second-order valence-corrected chi connectivity index (χ2v) is 4.00. The van der Waals surface area contributed by atoms with Crippen LogP contribution < -0.4 is 0 Å². The average Bonchev–Trinajstić information content (AvgIpc) is 2.24. The van der Waals surface area contributed by atoms with Crippen LogP contribution in [0.5, 0.6) is 0 Å². The van der Waals surface area contributed by atoms with Crippen LogP contribution in [0.4, 0.5) is 0 Å². The van der Waals surface area contributed by atoms with Crippen LogP contribution in [-0.2, 0) is 0 Å². The van der Waals surface area contributed by atoms with Crippen molar-refractivity contribution in [3.05, 3.63) is 12.2 Å². The Kier molecular flexibility index (Phi) is 0.870. The lowest BCUT2D eigenvalue weighted by atomic mass is 9.81. The zero-order valence-corrected chi connectivity index (χ0v) is 6.22. The van der Waals surface area contributed by atoms with Crippen molar-refractivity contribution in [2.24, 2.45) is 17.3 Å². The molecule has 0 amide bonds. The van der Waals surface area contributed by atoms with E-state index in [-0.39, 0.29) is 0 Å². The van der Waals surface area contributed by atoms with Crippen molar-refractivity contribution in [1.29, 1.82) is 0 Å². The van der Waals surface area contributed by atoms with Gasteiger partial charge in [0.1, 0.15) is 0 Å². The van der Waals surface area contributed by atoms with Gasteiger partial charge in [-0.15, -0.1) is 0 Å². The van der Waals surface area contributed by atoms with Gasteiger partial charge in [0.25, 0.3) is 0 Å². The smallest absolute Gasteiger partial charge is 0.0176 e. The van der Waals surface area contributed by atoms with Gasteiger partial charge in [-0.1, -0.05) is 26.0 Å². The van der Waals surface area contributed by atoms with Gasteiger partial charge >= 0.3 is 0 Å². The van der Waals surface area contributed by atoms with E-state index < -0.39 is 0 Å². The second-order valence-electron chi connectivity index (χ2n) is 4.00. The van der Waals surface area contributed by atoms with E-state index in [0.29, 0.717) is 5.41 Å². The maximum Gasteiger partial charge on any atom is -0.0176 e. The third kappa shape index (κ3) is 0.540. The summed E-state index contributed by atoms with van der Waals surface area (Å²) in [5, 5.41) is 0. The van der Waals surface area contributed by atoms with Gasteiger partial charge in [-0.05, 0) is 30.1 Å². The van der Waals surface area contributed by atoms with Crippen LogP contribution in [0.3, 0.4) is 0 Å². The number of hydrogen-bond donors (Lipinski definition) is 0. The highest BCUT2D eigenvalue weighted by Crippen LogP contribution is 2.53. The Morgan fingerprint density at radius 2 is 1.56 bits per heavy atom. The minimum absolute atomic E-state index is 0.611. The molecule has 2 bridgehead atoms. The summed E-state index contributed by atoms with van der Waals surface area (Å²) in [6, 6.07) is 0. The van der Waals surface area contributed by atoms with Crippen LogP contribution in [0.25, 0.3) is 0 Å². The Bertz CT molecular complexity index is 137. The Morgan fingerprint density at radius 1 is 1.11 bits per heavy atom. The first-order chi connectivity index (χ1) is 4.21. The van der Waals surface area contributed by atoms with Gasteiger partial charge in [0.15, 0.2) is 0 Å². The lowest BCUT2D eigenvalue weighted by Gasteiger charge is -2.23. The molecule has 0 aromatic rings. The van der Waals surface area contributed by atoms with Gasteiger partial charge in [0.05, 0.1) is 0 Å². The molecule has 0 heterocycles. The van der Waals surface area contributed by atoms with Crippen molar-refractivity contribution < 1.29 is 0 Å². The molecule has 0 aromatic carbocycles. The first kappa shape index (κ1) is 5.52. The molecule has 1 fully saturated rings. The fraction of sp³-hybridized carbons (Fsp3) is 0.778. The third-order valence-electron chi connectivity index (χ3n) is 3.28. The largest absolute Gasteiger partial charge is 0.0846 e. The summed E-state index contributed by atoms with van der Waals surface area (Å²) in [6.07, 6.45) is 7.70. The summed E-state index contributed by atoms with van der Waals surface area (Å²) in [7, 11) is 0. The van der Waals surface area contributed by atoms with E-state index in [1.807, 2.05) is 0 Å². The van der Waals surface area contributed by atoms with Gasteiger partial charge < -0.3 is 0 Å². The maximum atomic E-state index is 2.41. The Hall–Kier alpha value is -0.260. The number of fused-ring (bicyclic) bond motifs is 2. The van der Waals surface area contributed by atoms with E-state index in [1.54, 1.807) is 0 Å². The third-order valence-corrected chi connectivity index (χ3v) is 3.28. The van der Waals surface area contributed by atoms with Gasteiger partial charge in [0, 0.05) is 0 Å². The van der Waals surface area contributed by atoms with Crippen LogP contribution in [0.2, 0.25) is 0 Å². The summed E-state index contributed by atoms with van der Waals surface area (Å²) in [5.74, 6) is 1.81. The monoisotopic (exact) mass is 122 g/mol. The molecule has 0 radical (unpaired) electrons. The summed E-state index contributed by atoms with van der Waals surface area (Å²) in [5.41, 5.74) is 0.611. The Morgan fingerprint density at radius 3 is 1.67 bits per heavy atom. The van der Waals surface area contributed by atoms with E-state index in [9.17, 15) is 0 Å². The van der Waals surface area contributed by atoms with Gasteiger partial charge in [-0.3, -0.25) is 0 Å². The average molecular weight is 122 g/mol. The lowest BCUT2D eigenvalue weighted by Crippen LogP contribution is -2.17. The van der Waals surface area contributed by atoms with Crippen molar-refractivity contribution >= 4 is 0 Å². The molecule has 0 heteroatoms. The lowest BCUT2D eigenvalue weighted by molar-refractivity contribution is 0.279. The highest BCUT2D eigenvalue weighted by molar-refractivity contribution is 5.15. The van der Waals surface area contributed by atoms with Crippen molar-refractivity contribution in [3.8, 4) is 0 Å². The summed E-state index contributed by atoms with van der Waals surface area (Å²) in [6.45, 7) is 4.80. The molecule has 0 unspecified atom stereocenters. The van der Waals surface area contributed by atoms with Crippen LogP contribution >= 0.6 is 0 Å². The topological polar surface area (TPSA) is 0 Å². The standard InChI is InChI=1S/C9H14/c1-9(2)7-3-4-8(9)6-5-7/h3-4,7-8H,5-6H2,1-2H3/t7-,8+. The molecule has 0 saturated heterocycles. The minimum atomic E-state index is 0.611. The molecule has 2 rings (SSSR count). The van der Waals surface area contributed by atoms with Crippen molar-refractivity contribution in [1.82, 2.24) is 0 Å². The molecule has 0 aromatic heterocycles. The first-order valence-corrected chi connectivity index (χ1v) is 3.89. The van der Waals surface area contributed by atoms with Crippen molar-refractivity contribution in [3.63, 3.8) is 0 Å². The van der Waals surface area contributed by atoms with Gasteiger partial charge in [-0.25, -0.2) is 0 Å². The zero-order valence-electron chi connectivity index (χ0n) is 6.22. The summed E-state index contributed by atoms with van der Waals surface area (Å²) in [4.78, 5) is 0. The van der Waals surface area contributed by atoms with Gasteiger partial charge in [-0.2, -0.15) is 0 Å². The predicted molar refractivity (Wildman–Crippen MR) is 39.1 cm³/mol. The minimum Gasteiger partial charge on any atom is -0.0846 e. The molecule has 9 heavy (non-hydrogen) atoms. The molecule has 2 atom stereocenters. The van der Waals surface area contributed by atoms with Gasteiger partial charge in [0.2, 0.25) is 0 Å². The number of rotatable bonds is 0. The summed E-state index contributed by atoms with van der Waals surface area (Å²) >= 11 is 0. The summed E-state index contributed by atoms with van der Waals surface area (Å²) < 4.78 is 0. The highest BCUT2D eigenvalue weighted by Gasteiger charge is 2.43. The fourth-order valence-corrected chi connectivity index (χ4v) is 2.33. The molecule has 2 aliphatic carbocycles. The number of hydrogen-bond acceptors (Lipinski definition) is 0. The molecule has 0 aliphatic heterocycles. The van der Waals surface area contributed by atoms with E-state index >= 15 is 0 Å². The normalized spacial score (nSPS) is 44.2. The zero-order chi connectivity index (χ0) is 6.48. The Balaban J connectivity index is 2.35. The molecule has 2 aliphatic rings. The molecule has 1 saturated carbocycles. The van der Waals surface area contributed by atoms with E-state index in [0.717, 1.165) is 11.8 Å². The molecule has 0 N–H and O–H groups in total. The van der Waals surface area contributed by atoms with Crippen molar-refractivity contribution in [2.45, 2.75) is 26.7 Å². The molecule has 0 nitrogen and oxygen atoms in total. The van der Waals surface area contributed by atoms with Crippen LogP contribution in [-0.4, -0.2) is 0 Å². The molecule has 0 spiro atoms. The van der Waals surface area contributed by atoms with Crippen LogP contribution in [0.1, 0.15) is 26.7 Å². The predicted octanol–water partition coefficient (Wildman–Crippen LogP) is 2.61. The van der Waals surface area contributed by atoms with Crippen molar-refractivity contribution in [2.75, 3.05) is 0 Å². The first-order valence-electron chi connectivity index (χ1n) is 3.89. The fourth-order valence-electron chi connectivity index (χ4n) is 2.33. The molecular formula is C9H14. The SMILES string of the molecule is CC1(C)[C@@H]2C=C[C@H]1CC2. The van der Waals surface area contributed by atoms with E-state index in [1.165, 1.54) is 12.8 Å². The number of allylic oxidation sites excluding steroid dienone is 2.